The molecule has 0 saturated heterocycles. The Morgan fingerprint density at radius 1 is 1.37 bits per heavy atom. The molecule has 0 heterocycles. The van der Waals surface area contributed by atoms with Crippen LogP contribution in [0.3, 0.4) is 0 Å². The van der Waals surface area contributed by atoms with E-state index in [9.17, 15) is 14.7 Å². The molecule has 102 valence electrons. The second kappa shape index (κ2) is 5.48. The summed E-state index contributed by atoms with van der Waals surface area (Å²) in [6.45, 7) is 0.144. The minimum Gasteiger partial charge on any atom is -0.507 e. The molecule has 2 rings (SSSR count). The SMILES string of the molecule is O=C(O)CCN(C(=O)c1cc(Cl)ccc1O)C1CC1. The Balaban J connectivity index is 2.18. The highest BCUT2D eigenvalue weighted by molar-refractivity contribution is 6.31. The van der Waals surface area contributed by atoms with Gasteiger partial charge in [-0.3, -0.25) is 9.59 Å². The first-order chi connectivity index (χ1) is 8.99. The molecule has 19 heavy (non-hydrogen) atoms. The van der Waals surface area contributed by atoms with Crippen molar-refractivity contribution in [3.63, 3.8) is 0 Å². The van der Waals surface area contributed by atoms with E-state index in [4.69, 9.17) is 16.7 Å². The molecule has 6 heteroatoms. The van der Waals surface area contributed by atoms with Crippen LogP contribution in [0.15, 0.2) is 18.2 Å². The Kier molecular flexibility index (Phi) is 3.95. The molecule has 0 atom stereocenters. The van der Waals surface area contributed by atoms with Gasteiger partial charge in [0.1, 0.15) is 5.75 Å². The van der Waals surface area contributed by atoms with Crippen molar-refractivity contribution in [2.45, 2.75) is 25.3 Å². The number of phenolic OH excluding ortho intramolecular Hbond substituents is 1. The van der Waals surface area contributed by atoms with Crippen molar-refractivity contribution in [1.29, 1.82) is 0 Å². The average Bonchev–Trinajstić information content (AvgIpc) is 3.16. The molecule has 0 bridgehead atoms. The number of carboxylic acid groups (broad SMARTS) is 1. The van der Waals surface area contributed by atoms with E-state index < -0.39 is 5.97 Å². The molecule has 2 N–H and O–H groups in total. The Morgan fingerprint density at radius 2 is 2.05 bits per heavy atom. The van der Waals surface area contributed by atoms with Crippen LogP contribution < -0.4 is 0 Å². The van der Waals surface area contributed by atoms with Crippen molar-refractivity contribution in [2.24, 2.45) is 0 Å². The van der Waals surface area contributed by atoms with Crippen molar-refractivity contribution < 1.29 is 19.8 Å². The fraction of sp³-hybridized carbons (Fsp3) is 0.385. The second-order valence-electron chi connectivity index (χ2n) is 4.53. The van der Waals surface area contributed by atoms with Crippen LogP contribution in [0.5, 0.6) is 5.75 Å². The summed E-state index contributed by atoms with van der Waals surface area (Å²) in [6.07, 6.45) is 1.63. The standard InChI is InChI=1S/C13H14ClNO4/c14-8-1-4-11(16)10(7-8)13(19)15(9-2-3-9)6-5-12(17)18/h1,4,7,9,16H,2-3,5-6H2,(H,17,18). The largest absolute Gasteiger partial charge is 0.507 e. The summed E-state index contributed by atoms with van der Waals surface area (Å²) in [4.78, 5) is 24.4. The van der Waals surface area contributed by atoms with Crippen LogP contribution in [-0.2, 0) is 4.79 Å². The zero-order valence-corrected chi connectivity index (χ0v) is 10.9. The average molecular weight is 284 g/mol. The van der Waals surface area contributed by atoms with Gasteiger partial charge in [-0.15, -0.1) is 0 Å². The highest BCUT2D eigenvalue weighted by Gasteiger charge is 2.34. The molecule has 0 unspecified atom stereocenters. The predicted octanol–water partition coefficient (Wildman–Crippen LogP) is 2.12. The van der Waals surface area contributed by atoms with Gasteiger partial charge in [-0.25, -0.2) is 0 Å². The van der Waals surface area contributed by atoms with Crippen molar-refractivity contribution in [1.82, 2.24) is 4.90 Å². The van der Waals surface area contributed by atoms with Gasteiger partial charge in [-0.1, -0.05) is 11.6 Å². The third-order valence-electron chi connectivity index (χ3n) is 3.00. The summed E-state index contributed by atoms with van der Waals surface area (Å²) in [7, 11) is 0. The summed E-state index contributed by atoms with van der Waals surface area (Å²) in [5.74, 6) is -1.46. The molecule has 0 spiro atoms. The first-order valence-electron chi connectivity index (χ1n) is 6.00. The molecule has 1 aromatic carbocycles. The van der Waals surface area contributed by atoms with Gasteiger partial charge >= 0.3 is 5.97 Å². The minimum absolute atomic E-state index is 0.0743. The van der Waals surface area contributed by atoms with E-state index in [1.54, 1.807) is 0 Å². The van der Waals surface area contributed by atoms with E-state index >= 15 is 0 Å². The molecule has 1 saturated carbocycles. The van der Waals surface area contributed by atoms with E-state index in [1.807, 2.05) is 0 Å². The van der Waals surface area contributed by atoms with Crippen molar-refractivity contribution >= 4 is 23.5 Å². The summed E-state index contributed by atoms with van der Waals surface area (Å²) in [5.41, 5.74) is 0.116. The fourth-order valence-electron chi connectivity index (χ4n) is 1.89. The van der Waals surface area contributed by atoms with Crippen LogP contribution in [0.1, 0.15) is 29.6 Å². The molecule has 1 aliphatic rings. The number of benzene rings is 1. The number of amides is 1. The maximum absolute atomic E-state index is 12.3. The van der Waals surface area contributed by atoms with E-state index in [0.717, 1.165) is 12.8 Å². The van der Waals surface area contributed by atoms with Gasteiger partial charge < -0.3 is 15.1 Å². The summed E-state index contributed by atoms with van der Waals surface area (Å²) in [5, 5.41) is 18.8. The molecular weight excluding hydrogens is 270 g/mol. The molecule has 1 aromatic rings. The lowest BCUT2D eigenvalue weighted by atomic mass is 10.1. The Hall–Kier alpha value is -1.75. The van der Waals surface area contributed by atoms with Crippen molar-refractivity contribution in [3.8, 4) is 5.75 Å². The van der Waals surface area contributed by atoms with Gasteiger partial charge in [0.25, 0.3) is 5.91 Å². The summed E-state index contributed by atoms with van der Waals surface area (Å²) >= 11 is 5.81. The molecule has 1 amide bonds. The van der Waals surface area contributed by atoms with E-state index in [2.05, 4.69) is 0 Å². The summed E-state index contributed by atoms with van der Waals surface area (Å²) in [6, 6.07) is 4.32. The monoisotopic (exact) mass is 283 g/mol. The van der Waals surface area contributed by atoms with Crippen molar-refractivity contribution in [3.05, 3.63) is 28.8 Å². The van der Waals surface area contributed by atoms with Gasteiger partial charge in [0, 0.05) is 17.6 Å². The Morgan fingerprint density at radius 3 is 2.63 bits per heavy atom. The zero-order chi connectivity index (χ0) is 14.0. The molecular formula is C13H14ClNO4. The van der Waals surface area contributed by atoms with Crippen LogP contribution in [0.2, 0.25) is 5.02 Å². The molecule has 1 aliphatic carbocycles. The van der Waals surface area contributed by atoms with Gasteiger partial charge in [0.15, 0.2) is 0 Å². The third kappa shape index (κ3) is 3.38. The molecule has 5 nitrogen and oxygen atoms in total. The maximum Gasteiger partial charge on any atom is 0.305 e. The number of rotatable bonds is 5. The Labute approximate surface area is 115 Å². The fourth-order valence-corrected chi connectivity index (χ4v) is 2.06. The second-order valence-corrected chi connectivity index (χ2v) is 4.97. The smallest absolute Gasteiger partial charge is 0.305 e. The van der Waals surface area contributed by atoms with E-state index in [-0.39, 0.29) is 36.2 Å². The molecule has 0 aliphatic heterocycles. The number of aromatic hydroxyl groups is 1. The summed E-state index contributed by atoms with van der Waals surface area (Å²) < 4.78 is 0. The zero-order valence-electron chi connectivity index (χ0n) is 10.2. The Bertz CT molecular complexity index is 513. The normalized spacial score (nSPS) is 14.2. The number of aliphatic carboxylic acids is 1. The highest BCUT2D eigenvalue weighted by atomic mass is 35.5. The topological polar surface area (TPSA) is 77.8 Å². The first kappa shape index (κ1) is 13.7. The number of carbonyl (C=O) groups excluding carboxylic acids is 1. The van der Waals surface area contributed by atoms with E-state index in [1.165, 1.54) is 23.1 Å². The van der Waals surface area contributed by atoms with E-state index in [0.29, 0.717) is 5.02 Å². The molecule has 0 radical (unpaired) electrons. The third-order valence-corrected chi connectivity index (χ3v) is 3.24. The first-order valence-corrected chi connectivity index (χ1v) is 6.38. The lowest BCUT2D eigenvalue weighted by molar-refractivity contribution is -0.137. The number of carboxylic acids is 1. The number of halogens is 1. The number of nitrogens with zero attached hydrogens (tertiary/aromatic N) is 1. The molecule has 0 aromatic heterocycles. The van der Waals surface area contributed by atoms with Crippen LogP contribution in [0.25, 0.3) is 0 Å². The lowest BCUT2D eigenvalue weighted by Gasteiger charge is -2.22. The predicted molar refractivity (Wildman–Crippen MR) is 69.4 cm³/mol. The van der Waals surface area contributed by atoms with Crippen LogP contribution in [-0.4, -0.2) is 39.6 Å². The lowest BCUT2D eigenvalue weighted by Crippen LogP contribution is -2.35. The maximum atomic E-state index is 12.3. The van der Waals surface area contributed by atoms with Gasteiger partial charge in [-0.05, 0) is 31.0 Å². The van der Waals surface area contributed by atoms with Crippen LogP contribution in [0.4, 0.5) is 0 Å². The van der Waals surface area contributed by atoms with Gasteiger partial charge in [-0.2, -0.15) is 0 Å². The minimum atomic E-state index is -0.950. The quantitative estimate of drug-likeness (QED) is 0.868. The van der Waals surface area contributed by atoms with Crippen LogP contribution >= 0.6 is 11.6 Å². The highest BCUT2D eigenvalue weighted by Crippen LogP contribution is 2.31. The number of hydrogen-bond donors (Lipinski definition) is 2. The van der Waals surface area contributed by atoms with Crippen molar-refractivity contribution in [2.75, 3.05) is 6.54 Å². The van der Waals surface area contributed by atoms with Crippen LogP contribution in [0, 0.1) is 0 Å². The number of hydrogen-bond acceptors (Lipinski definition) is 3. The molecule has 1 fully saturated rings. The van der Waals surface area contributed by atoms with Gasteiger partial charge in [0.2, 0.25) is 0 Å². The number of carbonyl (C=O) groups is 2. The van der Waals surface area contributed by atoms with Gasteiger partial charge in [0.05, 0.1) is 12.0 Å². The number of phenols is 1.